The summed E-state index contributed by atoms with van der Waals surface area (Å²) in [6, 6.07) is 13.3. The van der Waals surface area contributed by atoms with Crippen LogP contribution in [-0.2, 0) is 0 Å². The molecule has 1 heterocycles. The lowest BCUT2D eigenvalue weighted by atomic mass is 10.1. The van der Waals surface area contributed by atoms with Crippen molar-refractivity contribution in [3.63, 3.8) is 0 Å². The molecule has 0 aliphatic heterocycles. The summed E-state index contributed by atoms with van der Waals surface area (Å²) in [5.41, 5.74) is 2.45. The van der Waals surface area contributed by atoms with Crippen LogP contribution in [0.5, 0.6) is 0 Å². The van der Waals surface area contributed by atoms with Crippen molar-refractivity contribution in [1.82, 2.24) is 9.88 Å². The molecule has 0 unspecified atom stereocenters. The average molecular weight is 255 g/mol. The van der Waals surface area contributed by atoms with Crippen LogP contribution in [0.25, 0.3) is 11.3 Å². The molecule has 2 aromatic rings. The van der Waals surface area contributed by atoms with Crippen molar-refractivity contribution in [2.24, 2.45) is 0 Å². The molecule has 0 spiro atoms. The van der Waals surface area contributed by atoms with Crippen LogP contribution in [0.15, 0.2) is 42.5 Å². The molecule has 0 aliphatic carbocycles. The second kappa shape index (κ2) is 5.52. The highest BCUT2D eigenvalue weighted by atomic mass is 16.2. The zero-order chi connectivity index (χ0) is 13.8. The number of anilines is 1. The Bertz CT molecular complexity index is 593. The van der Waals surface area contributed by atoms with E-state index >= 15 is 0 Å². The van der Waals surface area contributed by atoms with Gasteiger partial charge >= 0.3 is 0 Å². The number of aromatic nitrogens is 1. The van der Waals surface area contributed by atoms with Crippen LogP contribution < -0.4 is 5.32 Å². The van der Waals surface area contributed by atoms with Gasteiger partial charge in [-0.2, -0.15) is 0 Å². The molecule has 0 fully saturated rings. The number of pyridine rings is 1. The molecule has 4 heteroatoms. The van der Waals surface area contributed by atoms with Gasteiger partial charge in [0.1, 0.15) is 5.82 Å². The van der Waals surface area contributed by atoms with Crippen molar-refractivity contribution >= 4 is 11.7 Å². The molecule has 1 aromatic carbocycles. The lowest BCUT2D eigenvalue weighted by Crippen LogP contribution is -2.21. The van der Waals surface area contributed by atoms with Crippen LogP contribution in [0.1, 0.15) is 10.4 Å². The summed E-state index contributed by atoms with van der Waals surface area (Å²) in [7, 11) is 5.32. The lowest BCUT2D eigenvalue weighted by Gasteiger charge is -2.11. The molecule has 0 atom stereocenters. The smallest absolute Gasteiger partial charge is 0.253 e. The van der Waals surface area contributed by atoms with E-state index in [-0.39, 0.29) is 5.91 Å². The van der Waals surface area contributed by atoms with Crippen molar-refractivity contribution < 1.29 is 4.79 Å². The van der Waals surface area contributed by atoms with Gasteiger partial charge in [-0.15, -0.1) is 0 Å². The molecule has 19 heavy (non-hydrogen) atoms. The predicted octanol–water partition coefficient (Wildman–Crippen LogP) is 2.49. The van der Waals surface area contributed by atoms with Gasteiger partial charge in [0.05, 0.1) is 5.69 Å². The standard InChI is InChI=1S/C15H17N3O/c1-16-14-9-5-8-13(17-14)11-6-4-7-12(10-11)15(19)18(2)3/h4-10H,1-3H3,(H,16,17). The number of rotatable bonds is 3. The molecule has 0 saturated carbocycles. The van der Waals surface area contributed by atoms with E-state index in [9.17, 15) is 4.79 Å². The Morgan fingerprint density at radius 2 is 1.89 bits per heavy atom. The molecule has 2 rings (SSSR count). The molecule has 1 amide bonds. The molecular formula is C15H17N3O. The number of hydrogen-bond acceptors (Lipinski definition) is 3. The number of benzene rings is 1. The van der Waals surface area contributed by atoms with Gasteiger partial charge in [-0.3, -0.25) is 4.79 Å². The van der Waals surface area contributed by atoms with E-state index in [0.717, 1.165) is 17.1 Å². The van der Waals surface area contributed by atoms with E-state index in [1.807, 2.05) is 49.5 Å². The summed E-state index contributed by atoms with van der Waals surface area (Å²) in [5.74, 6) is 0.800. The zero-order valence-corrected chi connectivity index (χ0v) is 11.3. The fourth-order valence-electron chi connectivity index (χ4n) is 1.80. The first kappa shape index (κ1) is 13.1. The molecule has 0 aliphatic rings. The zero-order valence-electron chi connectivity index (χ0n) is 11.3. The fourth-order valence-corrected chi connectivity index (χ4v) is 1.80. The predicted molar refractivity (Wildman–Crippen MR) is 77.2 cm³/mol. The van der Waals surface area contributed by atoms with E-state index < -0.39 is 0 Å². The largest absolute Gasteiger partial charge is 0.373 e. The molecular weight excluding hydrogens is 238 g/mol. The van der Waals surface area contributed by atoms with E-state index in [1.54, 1.807) is 19.0 Å². The molecule has 4 nitrogen and oxygen atoms in total. The number of carbonyl (C=O) groups excluding carboxylic acids is 1. The average Bonchev–Trinajstić information content (AvgIpc) is 2.46. The molecule has 98 valence electrons. The summed E-state index contributed by atoms with van der Waals surface area (Å²) < 4.78 is 0. The number of amides is 1. The van der Waals surface area contributed by atoms with Gasteiger partial charge in [0.25, 0.3) is 5.91 Å². The maximum absolute atomic E-state index is 11.9. The van der Waals surface area contributed by atoms with Gasteiger partial charge in [0.15, 0.2) is 0 Å². The Morgan fingerprint density at radius 1 is 1.16 bits per heavy atom. The SMILES string of the molecule is CNc1cccc(-c2cccc(C(=O)N(C)C)c2)n1. The minimum Gasteiger partial charge on any atom is -0.373 e. The Labute approximate surface area is 113 Å². The first-order valence-corrected chi connectivity index (χ1v) is 6.08. The molecule has 0 radical (unpaired) electrons. The van der Waals surface area contributed by atoms with Crippen LogP contribution >= 0.6 is 0 Å². The van der Waals surface area contributed by atoms with Crippen molar-refractivity contribution in [3.05, 3.63) is 48.0 Å². The number of nitrogens with zero attached hydrogens (tertiary/aromatic N) is 2. The molecule has 0 bridgehead atoms. The second-order valence-electron chi connectivity index (χ2n) is 4.44. The number of carbonyl (C=O) groups is 1. The monoisotopic (exact) mass is 255 g/mol. The molecule has 1 N–H and O–H groups in total. The Morgan fingerprint density at radius 3 is 2.58 bits per heavy atom. The highest BCUT2D eigenvalue weighted by Gasteiger charge is 2.09. The van der Waals surface area contributed by atoms with Gasteiger partial charge in [0, 0.05) is 32.3 Å². The summed E-state index contributed by atoms with van der Waals surface area (Å²) in [5, 5.41) is 3.01. The second-order valence-corrected chi connectivity index (χ2v) is 4.44. The highest BCUT2D eigenvalue weighted by molar-refractivity contribution is 5.95. The number of nitrogens with one attached hydrogen (secondary N) is 1. The van der Waals surface area contributed by atoms with Crippen LogP contribution in [0.3, 0.4) is 0 Å². The van der Waals surface area contributed by atoms with E-state index in [4.69, 9.17) is 0 Å². The van der Waals surface area contributed by atoms with Gasteiger partial charge in [-0.05, 0) is 24.3 Å². The van der Waals surface area contributed by atoms with Crippen molar-refractivity contribution in [3.8, 4) is 11.3 Å². The van der Waals surface area contributed by atoms with E-state index in [0.29, 0.717) is 5.56 Å². The van der Waals surface area contributed by atoms with E-state index in [1.165, 1.54) is 0 Å². The number of hydrogen-bond donors (Lipinski definition) is 1. The quantitative estimate of drug-likeness (QED) is 0.916. The van der Waals surface area contributed by atoms with Crippen molar-refractivity contribution in [2.75, 3.05) is 26.5 Å². The summed E-state index contributed by atoms with van der Waals surface area (Å²) in [4.78, 5) is 18.0. The maximum atomic E-state index is 11.9. The summed E-state index contributed by atoms with van der Waals surface area (Å²) in [6.07, 6.45) is 0. The highest BCUT2D eigenvalue weighted by Crippen LogP contribution is 2.20. The first-order valence-electron chi connectivity index (χ1n) is 6.08. The molecule has 1 aromatic heterocycles. The third-order valence-electron chi connectivity index (χ3n) is 2.82. The third kappa shape index (κ3) is 2.91. The van der Waals surface area contributed by atoms with Crippen LogP contribution in [0, 0.1) is 0 Å². The fraction of sp³-hybridized carbons (Fsp3) is 0.200. The maximum Gasteiger partial charge on any atom is 0.253 e. The van der Waals surface area contributed by atoms with Gasteiger partial charge in [-0.1, -0.05) is 18.2 Å². The normalized spacial score (nSPS) is 10.1. The lowest BCUT2D eigenvalue weighted by molar-refractivity contribution is 0.0827. The minimum absolute atomic E-state index is 0.00776. The van der Waals surface area contributed by atoms with Crippen molar-refractivity contribution in [2.45, 2.75) is 0 Å². The van der Waals surface area contributed by atoms with Crippen LogP contribution in [0.2, 0.25) is 0 Å². The first-order chi connectivity index (χ1) is 9.11. The Kier molecular flexibility index (Phi) is 3.80. The van der Waals surface area contributed by atoms with Gasteiger partial charge < -0.3 is 10.2 Å². The van der Waals surface area contributed by atoms with Crippen LogP contribution in [-0.4, -0.2) is 36.9 Å². The molecule has 0 saturated heterocycles. The summed E-state index contributed by atoms with van der Waals surface area (Å²) >= 11 is 0. The van der Waals surface area contributed by atoms with E-state index in [2.05, 4.69) is 10.3 Å². The topological polar surface area (TPSA) is 45.2 Å². The van der Waals surface area contributed by atoms with Crippen LogP contribution in [0.4, 0.5) is 5.82 Å². The van der Waals surface area contributed by atoms with Gasteiger partial charge in [-0.25, -0.2) is 4.98 Å². The van der Waals surface area contributed by atoms with Gasteiger partial charge in [0.2, 0.25) is 0 Å². The minimum atomic E-state index is -0.00776. The van der Waals surface area contributed by atoms with Crippen molar-refractivity contribution in [1.29, 1.82) is 0 Å². The Balaban J connectivity index is 2.40. The Hall–Kier alpha value is -2.36. The third-order valence-corrected chi connectivity index (χ3v) is 2.82. The summed E-state index contributed by atoms with van der Waals surface area (Å²) in [6.45, 7) is 0.